The molecule has 0 bridgehead atoms. The van der Waals surface area contributed by atoms with E-state index in [2.05, 4.69) is 47.0 Å². The number of benzene rings is 3. The number of carboxylic acids is 1. The van der Waals surface area contributed by atoms with Crippen LogP contribution in [0.5, 0.6) is 0 Å². The van der Waals surface area contributed by atoms with Crippen molar-refractivity contribution in [2.45, 2.75) is 68.6 Å². The van der Waals surface area contributed by atoms with Gasteiger partial charge in [0.15, 0.2) is 0 Å². The van der Waals surface area contributed by atoms with E-state index in [1.165, 1.54) is 0 Å². The molecule has 9 nitrogen and oxygen atoms in total. The van der Waals surface area contributed by atoms with Crippen molar-refractivity contribution < 1.29 is 37.5 Å². The molecule has 3 aliphatic rings. The number of piperidine rings is 1. The summed E-state index contributed by atoms with van der Waals surface area (Å²) in [6.45, 7) is 3.70. The number of carboxylic acid groups (broad SMARTS) is 1. The number of hydrogen-bond acceptors (Lipinski definition) is 5. The van der Waals surface area contributed by atoms with E-state index in [4.69, 9.17) is 9.90 Å². The smallest absolute Gasteiger partial charge is 0.475 e. The fourth-order valence-electron chi connectivity index (χ4n) is 7.58. The lowest BCUT2D eigenvalue weighted by Crippen LogP contribution is -2.54. The van der Waals surface area contributed by atoms with Crippen molar-refractivity contribution >= 4 is 23.7 Å². The zero-order chi connectivity index (χ0) is 36.4. The van der Waals surface area contributed by atoms with Crippen LogP contribution in [-0.2, 0) is 24.6 Å². The van der Waals surface area contributed by atoms with Crippen LogP contribution in [-0.4, -0.2) is 89.6 Å². The van der Waals surface area contributed by atoms with Gasteiger partial charge in [0.2, 0.25) is 17.7 Å². The topological polar surface area (TPSA) is 119 Å². The predicted octanol–water partition coefficient (Wildman–Crippen LogP) is 5.14. The minimum Gasteiger partial charge on any atom is -0.475 e. The number of aliphatic carboxylic acids is 1. The Morgan fingerprint density at radius 3 is 1.69 bits per heavy atom. The molecular weight excluding hydrogens is 661 g/mol. The highest BCUT2D eigenvalue weighted by Crippen LogP contribution is 2.43. The number of carbonyl (C=O) groups is 4. The fraction of sp³-hybridized carbons (Fsp3) is 0.436. The van der Waals surface area contributed by atoms with Crippen molar-refractivity contribution in [1.29, 1.82) is 0 Å². The van der Waals surface area contributed by atoms with Crippen LogP contribution in [0, 0.1) is 5.92 Å². The van der Waals surface area contributed by atoms with Crippen LogP contribution in [0.2, 0.25) is 0 Å². The van der Waals surface area contributed by atoms with Gasteiger partial charge in [-0.05, 0) is 74.2 Å². The predicted molar refractivity (Wildman–Crippen MR) is 186 cm³/mol. The lowest BCUT2D eigenvalue weighted by atomic mass is 9.67. The summed E-state index contributed by atoms with van der Waals surface area (Å²) in [6.07, 6.45) is 0.216. The number of rotatable bonds is 9. The summed E-state index contributed by atoms with van der Waals surface area (Å²) in [5.74, 6) is -2.51. The lowest BCUT2D eigenvalue weighted by Gasteiger charge is -2.38. The molecule has 3 fully saturated rings. The van der Waals surface area contributed by atoms with Gasteiger partial charge in [0.05, 0.1) is 5.41 Å². The lowest BCUT2D eigenvalue weighted by molar-refractivity contribution is -0.192. The Morgan fingerprint density at radius 2 is 1.22 bits per heavy atom. The van der Waals surface area contributed by atoms with Gasteiger partial charge in [0.25, 0.3) is 0 Å². The van der Waals surface area contributed by atoms with Crippen LogP contribution in [0.25, 0.3) is 0 Å². The van der Waals surface area contributed by atoms with E-state index in [9.17, 15) is 27.6 Å². The fourth-order valence-corrected chi connectivity index (χ4v) is 7.58. The second-order valence-electron chi connectivity index (χ2n) is 13.4. The number of carbonyl (C=O) groups excluding carboxylic acids is 3. The van der Waals surface area contributed by atoms with E-state index in [1.54, 1.807) is 9.80 Å². The average Bonchev–Trinajstić information content (AvgIpc) is 3.85. The number of amides is 3. The molecule has 272 valence electrons. The molecule has 3 saturated heterocycles. The molecular formula is C39H45F3N4O5. The van der Waals surface area contributed by atoms with Crippen molar-refractivity contribution in [2.24, 2.45) is 5.92 Å². The van der Waals surface area contributed by atoms with E-state index in [0.29, 0.717) is 38.4 Å². The maximum atomic E-state index is 14.5. The molecule has 0 aliphatic carbocycles. The van der Waals surface area contributed by atoms with E-state index in [-0.39, 0.29) is 24.1 Å². The van der Waals surface area contributed by atoms with Gasteiger partial charge in [-0.2, -0.15) is 13.2 Å². The van der Waals surface area contributed by atoms with E-state index < -0.39 is 29.6 Å². The second-order valence-corrected chi connectivity index (χ2v) is 13.4. The molecule has 0 spiro atoms. The Labute approximate surface area is 296 Å². The van der Waals surface area contributed by atoms with Crippen molar-refractivity contribution in [3.05, 3.63) is 108 Å². The minimum atomic E-state index is -5.08. The molecule has 0 unspecified atom stereocenters. The van der Waals surface area contributed by atoms with E-state index in [1.807, 2.05) is 54.6 Å². The molecule has 3 aromatic carbocycles. The normalized spacial score (nSPS) is 20.6. The third-order valence-corrected chi connectivity index (χ3v) is 10.1. The van der Waals surface area contributed by atoms with Gasteiger partial charge in [0.1, 0.15) is 12.1 Å². The quantitative estimate of drug-likeness (QED) is 0.265. The van der Waals surface area contributed by atoms with Crippen LogP contribution in [0.4, 0.5) is 13.2 Å². The first-order chi connectivity index (χ1) is 24.5. The second kappa shape index (κ2) is 17.0. The maximum Gasteiger partial charge on any atom is 0.490 e. The van der Waals surface area contributed by atoms with Crippen molar-refractivity contribution in [2.75, 3.05) is 32.7 Å². The monoisotopic (exact) mass is 706 g/mol. The number of halogens is 3. The van der Waals surface area contributed by atoms with Crippen molar-refractivity contribution in [3.8, 4) is 0 Å². The van der Waals surface area contributed by atoms with Crippen LogP contribution >= 0.6 is 0 Å². The highest BCUT2D eigenvalue weighted by atomic mass is 19.4. The summed E-state index contributed by atoms with van der Waals surface area (Å²) in [7, 11) is 0. The minimum absolute atomic E-state index is 0.0394. The Hall–Kier alpha value is -4.71. The number of alkyl halides is 3. The number of nitrogens with zero attached hydrogens (tertiary/aromatic N) is 2. The summed E-state index contributed by atoms with van der Waals surface area (Å²) in [6, 6.07) is 29.7. The average molecular weight is 707 g/mol. The largest absolute Gasteiger partial charge is 0.490 e. The first-order valence-electron chi connectivity index (χ1n) is 17.6. The molecule has 51 heavy (non-hydrogen) atoms. The van der Waals surface area contributed by atoms with Gasteiger partial charge in [-0.25, -0.2) is 4.79 Å². The molecule has 0 aromatic heterocycles. The molecule has 3 aromatic rings. The Kier molecular flexibility index (Phi) is 12.5. The molecule has 0 saturated carbocycles. The summed E-state index contributed by atoms with van der Waals surface area (Å²) in [5, 5.41) is 13.7. The zero-order valence-electron chi connectivity index (χ0n) is 28.5. The SMILES string of the molecule is O=C(NC[C@@H]1CCCNC1)[C@H]1CCCN1C(=O)[C@@H]1CCCN1C(=O)CC(c1ccccc1)(c1ccccc1)c1ccccc1.O=C(O)C(F)(F)F. The Morgan fingerprint density at radius 1 is 0.725 bits per heavy atom. The van der Waals surface area contributed by atoms with Crippen LogP contribution in [0.15, 0.2) is 91.0 Å². The van der Waals surface area contributed by atoms with Gasteiger partial charge < -0.3 is 25.5 Å². The molecule has 3 N–H and O–H groups in total. The Bertz CT molecular complexity index is 1520. The van der Waals surface area contributed by atoms with Crippen LogP contribution in [0.3, 0.4) is 0 Å². The molecule has 12 heteroatoms. The number of likely N-dealkylation sites (tertiary alicyclic amines) is 2. The molecule has 3 heterocycles. The first-order valence-corrected chi connectivity index (χ1v) is 17.6. The van der Waals surface area contributed by atoms with Crippen molar-refractivity contribution in [1.82, 2.24) is 20.4 Å². The Balaban J connectivity index is 0.000000654. The maximum absolute atomic E-state index is 14.5. The van der Waals surface area contributed by atoms with Crippen molar-refractivity contribution in [3.63, 3.8) is 0 Å². The summed E-state index contributed by atoms with van der Waals surface area (Å²) < 4.78 is 31.7. The molecule has 0 radical (unpaired) electrons. The molecule has 3 amide bonds. The first kappa shape index (κ1) is 37.5. The summed E-state index contributed by atoms with van der Waals surface area (Å²) >= 11 is 0. The van der Waals surface area contributed by atoms with Gasteiger partial charge in [0, 0.05) is 26.1 Å². The van der Waals surface area contributed by atoms with E-state index >= 15 is 0 Å². The van der Waals surface area contributed by atoms with Gasteiger partial charge in [-0.1, -0.05) is 91.0 Å². The number of hydrogen-bond donors (Lipinski definition) is 3. The summed E-state index contributed by atoms with van der Waals surface area (Å²) in [5.41, 5.74) is 2.40. The highest BCUT2D eigenvalue weighted by molar-refractivity contribution is 5.93. The third-order valence-electron chi connectivity index (χ3n) is 10.1. The molecule has 3 atom stereocenters. The summed E-state index contributed by atoms with van der Waals surface area (Å²) in [4.78, 5) is 54.3. The van der Waals surface area contributed by atoms with Crippen LogP contribution < -0.4 is 10.6 Å². The van der Waals surface area contributed by atoms with Crippen LogP contribution in [0.1, 0.15) is 61.6 Å². The van der Waals surface area contributed by atoms with Gasteiger partial charge >= 0.3 is 12.1 Å². The molecule has 6 rings (SSSR count). The molecule has 3 aliphatic heterocycles. The van der Waals surface area contributed by atoms with Gasteiger partial charge in [-0.3, -0.25) is 14.4 Å². The third kappa shape index (κ3) is 8.97. The van der Waals surface area contributed by atoms with E-state index in [0.717, 1.165) is 55.5 Å². The number of nitrogens with one attached hydrogen (secondary N) is 2. The highest BCUT2D eigenvalue weighted by Gasteiger charge is 2.45. The van der Waals surface area contributed by atoms with Gasteiger partial charge in [-0.15, -0.1) is 0 Å². The zero-order valence-corrected chi connectivity index (χ0v) is 28.5. The standard InChI is InChI=1S/C37H44N4O3.C2HF3O2/c42-34(25-37(29-14-4-1-5-15-29,30-16-6-2-7-17-30)31-18-8-3-9-19-31)40-23-12-21-33(40)36(44)41-24-11-20-32(41)35(43)39-27-28-13-10-22-38-26-28;3-2(4,5)1(6)7/h1-9,14-19,28,32-33,38H,10-13,20-27H2,(H,39,43);(H,6,7)/t28-,32-,33+;/m1./s1.